The summed E-state index contributed by atoms with van der Waals surface area (Å²) in [5.41, 5.74) is 5.49. The molecule has 0 aromatic rings. The van der Waals surface area contributed by atoms with Gasteiger partial charge in [0.2, 0.25) is 0 Å². The van der Waals surface area contributed by atoms with E-state index in [9.17, 15) is 0 Å². The minimum absolute atomic E-state index is 0.129. The summed E-state index contributed by atoms with van der Waals surface area (Å²) in [5, 5.41) is 17.3. The summed E-state index contributed by atoms with van der Waals surface area (Å²) >= 11 is 0. The van der Waals surface area contributed by atoms with Gasteiger partial charge in [-0.2, -0.15) is 0 Å². The summed E-state index contributed by atoms with van der Waals surface area (Å²) in [6, 6.07) is 0. The first-order valence-electron chi connectivity index (χ1n) is 8.60. The first kappa shape index (κ1) is 21.7. The van der Waals surface area contributed by atoms with Crippen molar-refractivity contribution in [3.63, 3.8) is 0 Å². The van der Waals surface area contributed by atoms with E-state index in [0.29, 0.717) is 6.54 Å². The topological polar surface area (TPSA) is 95.4 Å². The third-order valence-electron chi connectivity index (χ3n) is 3.12. The van der Waals surface area contributed by atoms with Crippen molar-refractivity contribution < 1.29 is 4.74 Å². The Balaban J connectivity index is 4.85. The van der Waals surface area contributed by atoms with Gasteiger partial charge in [0, 0.05) is 26.2 Å². The standard InChI is InChI=1S/C15H38N6O/c1-6-19-15(20-7-2,21-8-3)14(22-13(4)5)18-12-11-17-10-9-16/h13-14,17-21H,6-12,16H2,1-5H3. The van der Waals surface area contributed by atoms with Gasteiger partial charge in [-0.3, -0.25) is 21.3 Å². The van der Waals surface area contributed by atoms with Crippen LogP contribution in [0.2, 0.25) is 0 Å². The average Bonchev–Trinajstić information content (AvgIpc) is 2.46. The van der Waals surface area contributed by atoms with Crippen molar-refractivity contribution >= 4 is 0 Å². The van der Waals surface area contributed by atoms with E-state index < -0.39 is 5.79 Å². The second kappa shape index (κ2) is 13.2. The van der Waals surface area contributed by atoms with Crippen molar-refractivity contribution in [1.82, 2.24) is 26.6 Å². The van der Waals surface area contributed by atoms with Crippen molar-refractivity contribution in [3.05, 3.63) is 0 Å². The van der Waals surface area contributed by atoms with Crippen LogP contribution in [-0.2, 0) is 4.74 Å². The third-order valence-corrected chi connectivity index (χ3v) is 3.12. The highest BCUT2D eigenvalue weighted by Crippen LogP contribution is 2.08. The molecule has 0 aromatic carbocycles. The molecule has 7 heteroatoms. The zero-order chi connectivity index (χ0) is 16.8. The molecule has 0 aliphatic heterocycles. The molecule has 134 valence electrons. The lowest BCUT2D eigenvalue weighted by Crippen LogP contribution is -2.76. The van der Waals surface area contributed by atoms with E-state index in [1.165, 1.54) is 0 Å². The van der Waals surface area contributed by atoms with Crippen LogP contribution in [0.3, 0.4) is 0 Å². The molecule has 0 bridgehead atoms. The predicted molar refractivity (Wildman–Crippen MR) is 93.7 cm³/mol. The molecule has 0 aromatic heterocycles. The van der Waals surface area contributed by atoms with E-state index in [1.807, 2.05) is 0 Å². The van der Waals surface area contributed by atoms with Crippen LogP contribution in [0.4, 0.5) is 0 Å². The maximum atomic E-state index is 6.13. The van der Waals surface area contributed by atoms with Crippen LogP contribution in [0.15, 0.2) is 0 Å². The van der Waals surface area contributed by atoms with Crippen molar-refractivity contribution in [2.24, 2.45) is 5.73 Å². The first-order valence-corrected chi connectivity index (χ1v) is 8.60. The Kier molecular flexibility index (Phi) is 13.0. The highest BCUT2D eigenvalue weighted by molar-refractivity contribution is 4.89. The van der Waals surface area contributed by atoms with E-state index in [4.69, 9.17) is 10.5 Å². The highest BCUT2D eigenvalue weighted by atomic mass is 16.5. The molecule has 22 heavy (non-hydrogen) atoms. The largest absolute Gasteiger partial charge is 0.356 e. The zero-order valence-corrected chi connectivity index (χ0v) is 15.1. The second-order valence-electron chi connectivity index (χ2n) is 5.46. The molecule has 0 spiro atoms. The van der Waals surface area contributed by atoms with Gasteiger partial charge in [0.25, 0.3) is 0 Å². The molecule has 0 heterocycles. The van der Waals surface area contributed by atoms with Crippen LogP contribution in [0.25, 0.3) is 0 Å². The van der Waals surface area contributed by atoms with E-state index in [-0.39, 0.29) is 12.3 Å². The molecule has 0 saturated heterocycles. The quantitative estimate of drug-likeness (QED) is 0.177. The highest BCUT2D eigenvalue weighted by Gasteiger charge is 2.38. The molecule has 1 atom stereocenters. The summed E-state index contributed by atoms with van der Waals surface area (Å²) < 4.78 is 6.13. The van der Waals surface area contributed by atoms with Gasteiger partial charge in [0.15, 0.2) is 12.0 Å². The van der Waals surface area contributed by atoms with E-state index in [2.05, 4.69) is 61.2 Å². The molecule has 0 aliphatic rings. The Morgan fingerprint density at radius 1 is 0.909 bits per heavy atom. The molecular formula is C15H38N6O. The predicted octanol–water partition coefficient (Wildman–Crippen LogP) is -0.642. The Labute approximate surface area is 136 Å². The minimum Gasteiger partial charge on any atom is -0.356 e. The number of rotatable bonds is 15. The normalized spacial score (nSPS) is 13.8. The number of nitrogens with one attached hydrogen (secondary N) is 5. The van der Waals surface area contributed by atoms with Crippen LogP contribution in [0.5, 0.6) is 0 Å². The van der Waals surface area contributed by atoms with Crippen molar-refractivity contribution in [1.29, 1.82) is 0 Å². The third kappa shape index (κ3) is 8.38. The fourth-order valence-electron chi connectivity index (χ4n) is 2.40. The van der Waals surface area contributed by atoms with Crippen LogP contribution in [-0.4, -0.2) is 63.9 Å². The summed E-state index contributed by atoms with van der Waals surface area (Å²) in [5.74, 6) is -0.490. The molecule has 7 nitrogen and oxygen atoms in total. The Bertz CT molecular complexity index is 235. The Morgan fingerprint density at radius 3 is 1.86 bits per heavy atom. The maximum Gasteiger partial charge on any atom is 0.164 e. The zero-order valence-electron chi connectivity index (χ0n) is 15.1. The summed E-state index contributed by atoms with van der Waals surface area (Å²) in [6.45, 7) is 16.1. The fourth-order valence-corrected chi connectivity index (χ4v) is 2.40. The van der Waals surface area contributed by atoms with Crippen LogP contribution in [0.1, 0.15) is 34.6 Å². The molecule has 1 unspecified atom stereocenters. The number of nitrogens with two attached hydrogens (primary N) is 1. The molecule has 0 amide bonds. The van der Waals surface area contributed by atoms with E-state index in [1.54, 1.807) is 0 Å². The lowest BCUT2D eigenvalue weighted by molar-refractivity contribution is -0.0899. The minimum atomic E-state index is -0.490. The van der Waals surface area contributed by atoms with Gasteiger partial charge >= 0.3 is 0 Å². The lowest BCUT2D eigenvalue weighted by atomic mass is 10.2. The van der Waals surface area contributed by atoms with Crippen LogP contribution in [0, 0.1) is 0 Å². The fraction of sp³-hybridized carbons (Fsp3) is 1.00. The SMILES string of the molecule is CCNC(NCC)(NCC)C(NCCNCCN)OC(C)C. The molecule has 0 aliphatic carbocycles. The smallest absolute Gasteiger partial charge is 0.164 e. The van der Waals surface area contributed by atoms with Crippen LogP contribution < -0.4 is 32.3 Å². The van der Waals surface area contributed by atoms with Gasteiger partial charge in [0.1, 0.15) is 0 Å². The first-order chi connectivity index (χ1) is 10.6. The average molecular weight is 319 g/mol. The van der Waals surface area contributed by atoms with Gasteiger partial charge < -0.3 is 15.8 Å². The lowest BCUT2D eigenvalue weighted by Gasteiger charge is -2.43. The summed E-state index contributed by atoms with van der Waals surface area (Å²) in [7, 11) is 0. The van der Waals surface area contributed by atoms with Gasteiger partial charge in [-0.1, -0.05) is 20.8 Å². The second-order valence-corrected chi connectivity index (χ2v) is 5.46. The summed E-state index contributed by atoms with van der Waals surface area (Å²) in [6.07, 6.45) is -0.0585. The molecule has 0 rings (SSSR count). The molecular weight excluding hydrogens is 280 g/mol. The molecule has 7 N–H and O–H groups in total. The van der Waals surface area contributed by atoms with Crippen molar-refractivity contribution in [2.75, 3.05) is 45.8 Å². The number of hydrogen-bond acceptors (Lipinski definition) is 7. The Morgan fingerprint density at radius 2 is 1.45 bits per heavy atom. The van der Waals surface area contributed by atoms with Gasteiger partial charge in [-0.05, 0) is 33.5 Å². The van der Waals surface area contributed by atoms with Crippen molar-refractivity contribution in [3.8, 4) is 0 Å². The van der Waals surface area contributed by atoms with Gasteiger partial charge in [-0.25, -0.2) is 0 Å². The maximum absolute atomic E-state index is 6.13. The summed E-state index contributed by atoms with van der Waals surface area (Å²) in [4.78, 5) is 0. The molecule has 0 saturated carbocycles. The van der Waals surface area contributed by atoms with Gasteiger partial charge in [-0.15, -0.1) is 0 Å². The van der Waals surface area contributed by atoms with E-state index >= 15 is 0 Å². The van der Waals surface area contributed by atoms with E-state index in [0.717, 1.165) is 39.3 Å². The monoisotopic (exact) mass is 318 g/mol. The molecule has 0 fully saturated rings. The van der Waals surface area contributed by atoms with Gasteiger partial charge in [0.05, 0.1) is 6.10 Å². The molecule has 0 radical (unpaired) electrons. The Hall–Kier alpha value is -0.280. The number of likely N-dealkylation sites (N-methyl/N-ethyl adjacent to an activating group) is 3. The number of ether oxygens (including phenoxy) is 1. The number of hydrogen-bond donors (Lipinski definition) is 6. The van der Waals surface area contributed by atoms with Crippen molar-refractivity contribution in [2.45, 2.75) is 52.7 Å². The van der Waals surface area contributed by atoms with Crippen LogP contribution >= 0.6 is 0 Å².